The van der Waals surface area contributed by atoms with E-state index in [-0.39, 0.29) is 56.5 Å². The summed E-state index contributed by atoms with van der Waals surface area (Å²) >= 11 is 4.79. The molecule has 29 heavy (non-hydrogen) atoms. The van der Waals surface area contributed by atoms with Gasteiger partial charge in [-0.25, -0.2) is 13.1 Å². The largest absolute Gasteiger partial charge is 0.611 e. The van der Waals surface area contributed by atoms with Crippen molar-refractivity contribution < 1.29 is 27.6 Å². The van der Waals surface area contributed by atoms with E-state index in [2.05, 4.69) is 5.10 Å². The zero-order valence-electron chi connectivity index (χ0n) is 15.9. The lowest BCUT2D eigenvalue weighted by Crippen LogP contribution is -2.16. The normalized spacial score (nSPS) is 15.1. The highest BCUT2D eigenvalue weighted by atomic mass is 35.5. The lowest BCUT2D eigenvalue weighted by atomic mass is 10.0. The molecule has 0 spiro atoms. The van der Waals surface area contributed by atoms with Gasteiger partial charge in [-0.3, -0.25) is 4.79 Å². The van der Waals surface area contributed by atoms with Gasteiger partial charge >= 0.3 is 0 Å². The number of aromatic hydroxyl groups is 1. The molecule has 2 aromatic rings. The van der Waals surface area contributed by atoms with Crippen LogP contribution in [0.2, 0.25) is 5.02 Å². The van der Waals surface area contributed by atoms with Gasteiger partial charge in [0.25, 0.3) is 0 Å². The van der Waals surface area contributed by atoms with Crippen LogP contribution in [0.4, 0.5) is 0 Å². The Kier molecular flexibility index (Phi) is 6.90. The van der Waals surface area contributed by atoms with Crippen LogP contribution in [0.3, 0.4) is 0 Å². The molecule has 1 N–H and O–H groups in total. The Morgan fingerprint density at radius 2 is 2.14 bits per heavy atom. The smallest absolute Gasteiger partial charge is 0.220 e. The van der Waals surface area contributed by atoms with E-state index in [1.165, 1.54) is 23.9 Å². The molecule has 8 nitrogen and oxygen atoms in total. The molecular weight excluding hydrogens is 440 g/mol. The maximum Gasteiger partial charge on any atom is 0.220 e. The summed E-state index contributed by atoms with van der Waals surface area (Å²) in [6, 6.07) is 2.84. The van der Waals surface area contributed by atoms with Gasteiger partial charge in [-0.05, 0) is 30.1 Å². The number of hydrogen-bond acceptors (Lipinski definition) is 7. The first-order valence-corrected chi connectivity index (χ1v) is 11.9. The summed E-state index contributed by atoms with van der Waals surface area (Å²) in [4.78, 5) is 13.3. The Hall–Kier alpha value is -1.59. The lowest BCUT2D eigenvalue weighted by molar-refractivity contribution is 0.103. The Labute approximate surface area is 177 Å². The summed E-state index contributed by atoms with van der Waals surface area (Å²) in [6.45, 7) is 0.180. The third kappa shape index (κ3) is 4.61. The summed E-state index contributed by atoms with van der Waals surface area (Å²) in [7, 11) is 0.216. The van der Waals surface area contributed by atoms with E-state index in [1.807, 2.05) is 0 Å². The number of nitrogens with zero attached hydrogens (tertiary/aromatic N) is 2. The summed E-state index contributed by atoms with van der Waals surface area (Å²) in [5.74, 6) is -0.934. The van der Waals surface area contributed by atoms with Crippen molar-refractivity contribution in [3.05, 3.63) is 39.5 Å². The topological polar surface area (TPSA) is 122 Å². The number of thiol groups is 1. The summed E-state index contributed by atoms with van der Waals surface area (Å²) < 4.78 is 41.4. The van der Waals surface area contributed by atoms with Gasteiger partial charge in [-0.15, -0.1) is 0 Å². The van der Waals surface area contributed by atoms with Crippen molar-refractivity contribution in [2.45, 2.75) is 29.4 Å². The van der Waals surface area contributed by atoms with E-state index < -0.39 is 27.7 Å². The number of ketones is 1. The number of ether oxygens (including phenoxy) is 1. The number of carbonyl (C=O) groups excluding carboxylic acids is 1. The van der Waals surface area contributed by atoms with E-state index in [0.29, 0.717) is 5.69 Å². The maximum atomic E-state index is 13.2. The SMILES string of the molecule is COCC[S+]([O-])c1c(C[SH](=O)=O)ccc(C(=O)c2c(C3CC3)nn(C)c2O)c1Cl. The second-order valence-electron chi connectivity index (χ2n) is 6.76. The van der Waals surface area contributed by atoms with Crippen molar-refractivity contribution in [2.24, 2.45) is 7.05 Å². The van der Waals surface area contributed by atoms with Gasteiger partial charge in [0.1, 0.15) is 27.0 Å². The van der Waals surface area contributed by atoms with Crippen LogP contribution in [-0.2, 0) is 39.4 Å². The minimum absolute atomic E-state index is 0.0440. The second-order valence-corrected chi connectivity index (χ2v) is 9.63. The van der Waals surface area contributed by atoms with E-state index in [0.717, 1.165) is 12.8 Å². The first-order valence-electron chi connectivity index (χ1n) is 8.87. The molecule has 1 saturated carbocycles. The zero-order valence-corrected chi connectivity index (χ0v) is 18.4. The van der Waals surface area contributed by atoms with Crippen molar-refractivity contribution in [2.75, 3.05) is 19.5 Å². The second kappa shape index (κ2) is 9.05. The van der Waals surface area contributed by atoms with Crippen LogP contribution in [0, 0.1) is 0 Å². The molecule has 1 atom stereocenters. The highest BCUT2D eigenvalue weighted by Gasteiger charge is 2.36. The van der Waals surface area contributed by atoms with Gasteiger partial charge < -0.3 is 14.4 Å². The van der Waals surface area contributed by atoms with Crippen molar-refractivity contribution in [1.82, 2.24) is 9.78 Å². The molecule has 3 rings (SSSR count). The molecule has 0 aliphatic heterocycles. The molecule has 1 heterocycles. The number of halogens is 1. The van der Waals surface area contributed by atoms with E-state index in [4.69, 9.17) is 16.3 Å². The molecule has 1 aromatic carbocycles. The van der Waals surface area contributed by atoms with Crippen LogP contribution in [-0.4, -0.2) is 53.1 Å². The average molecular weight is 461 g/mol. The number of hydrogen-bond donors (Lipinski definition) is 2. The minimum atomic E-state index is -2.78. The van der Waals surface area contributed by atoms with Gasteiger partial charge in [0.2, 0.25) is 11.7 Å². The number of aryl methyl sites for hydroxylation is 1. The Morgan fingerprint density at radius 3 is 2.72 bits per heavy atom. The molecule has 1 aliphatic carbocycles. The van der Waals surface area contributed by atoms with Crippen LogP contribution in [0.5, 0.6) is 5.88 Å². The molecule has 11 heteroatoms. The molecule has 158 valence electrons. The maximum absolute atomic E-state index is 13.2. The number of methoxy groups -OCH3 is 1. The first-order chi connectivity index (χ1) is 13.8. The van der Waals surface area contributed by atoms with Crippen molar-refractivity contribution in [3.63, 3.8) is 0 Å². The molecule has 0 radical (unpaired) electrons. The first kappa shape index (κ1) is 22.1. The molecule has 0 amide bonds. The van der Waals surface area contributed by atoms with Crippen molar-refractivity contribution in [3.8, 4) is 5.88 Å². The van der Waals surface area contributed by atoms with Crippen LogP contribution in [0.1, 0.15) is 45.9 Å². The number of rotatable bonds is 9. The Morgan fingerprint density at radius 1 is 1.45 bits per heavy atom. The minimum Gasteiger partial charge on any atom is -0.611 e. The fourth-order valence-electron chi connectivity index (χ4n) is 3.07. The Balaban J connectivity index is 2.09. The predicted octanol–water partition coefficient (Wildman–Crippen LogP) is 1.75. The summed E-state index contributed by atoms with van der Waals surface area (Å²) in [5.41, 5.74) is 0.908. The van der Waals surface area contributed by atoms with Crippen LogP contribution in [0.15, 0.2) is 17.0 Å². The van der Waals surface area contributed by atoms with Crippen LogP contribution >= 0.6 is 11.6 Å². The average Bonchev–Trinajstić information content (AvgIpc) is 3.45. The highest BCUT2D eigenvalue weighted by molar-refractivity contribution is 7.91. The molecular formula is C18H21ClN2O6S2. The summed E-state index contributed by atoms with van der Waals surface area (Å²) in [5, 5.41) is 14.5. The quantitative estimate of drug-likeness (QED) is 0.332. The van der Waals surface area contributed by atoms with Crippen LogP contribution in [0.25, 0.3) is 0 Å². The Bertz CT molecular complexity index is 1010. The highest BCUT2D eigenvalue weighted by Crippen LogP contribution is 2.44. The van der Waals surface area contributed by atoms with E-state index >= 15 is 0 Å². The molecule has 0 bridgehead atoms. The van der Waals surface area contributed by atoms with Gasteiger partial charge in [-0.2, -0.15) is 5.10 Å². The fraction of sp³-hybridized carbons (Fsp3) is 0.444. The summed E-state index contributed by atoms with van der Waals surface area (Å²) in [6.07, 6.45) is 1.76. The third-order valence-corrected chi connectivity index (χ3v) is 7.22. The number of carbonyl (C=O) groups is 1. The van der Waals surface area contributed by atoms with E-state index in [1.54, 1.807) is 7.05 Å². The molecule has 1 unspecified atom stereocenters. The fourth-order valence-corrected chi connectivity index (χ4v) is 5.51. The standard InChI is InChI=1S/C18H21ClN2O6S2/c1-21-18(23)13(15(20-21)10-3-4-10)16(22)12-6-5-11(9-29(25)26)17(14(12)19)28(24)8-7-27-2/h5-6,10,23,29H,3-4,7-9H2,1-2H3. The van der Waals surface area contributed by atoms with Crippen molar-refractivity contribution >= 4 is 39.3 Å². The van der Waals surface area contributed by atoms with Crippen molar-refractivity contribution in [1.29, 1.82) is 0 Å². The monoisotopic (exact) mass is 460 g/mol. The molecule has 1 aromatic heterocycles. The zero-order chi connectivity index (χ0) is 21.3. The predicted molar refractivity (Wildman–Crippen MR) is 109 cm³/mol. The van der Waals surface area contributed by atoms with Gasteiger partial charge in [0.15, 0.2) is 4.90 Å². The number of aromatic nitrogens is 2. The van der Waals surface area contributed by atoms with Gasteiger partial charge in [0.05, 0.1) is 18.1 Å². The lowest BCUT2D eigenvalue weighted by Gasteiger charge is -2.16. The van der Waals surface area contributed by atoms with Crippen LogP contribution < -0.4 is 0 Å². The van der Waals surface area contributed by atoms with E-state index in [9.17, 15) is 22.9 Å². The van der Waals surface area contributed by atoms with Gasteiger partial charge in [0, 0.05) is 31.2 Å². The molecule has 1 fully saturated rings. The number of benzene rings is 1. The third-order valence-electron chi connectivity index (χ3n) is 4.66. The van der Waals surface area contributed by atoms with Gasteiger partial charge in [-0.1, -0.05) is 17.7 Å². The molecule has 1 aliphatic rings. The molecule has 0 saturated heterocycles.